The Kier molecular flexibility index (Phi) is 3.01. The number of para-hydroxylation sites is 1. The zero-order valence-corrected chi connectivity index (χ0v) is 10.0. The first-order chi connectivity index (χ1) is 7.63. The van der Waals surface area contributed by atoms with Crippen molar-refractivity contribution in [3.05, 3.63) is 35.6 Å². The summed E-state index contributed by atoms with van der Waals surface area (Å²) in [6.45, 7) is 6.09. The van der Waals surface area contributed by atoms with Gasteiger partial charge >= 0.3 is 0 Å². The van der Waals surface area contributed by atoms with Gasteiger partial charge in [0.05, 0.1) is 0 Å². The van der Waals surface area contributed by atoms with E-state index in [-0.39, 0.29) is 0 Å². The third-order valence-corrected chi connectivity index (χ3v) is 3.15. The van der Waals surface area contributed by atoms with Crippen molar-refractivity contribution >= 4 is 11.0 Å². The molecule has 2 atom stereocenters. The molecule has 1 aromatic heterocycles. The topological polar surface area (TPSA) is 33.4 Å². The van der Waals surface area contributed by atoms with Crippen LogP contribution in [-0.4, -0.2) is 5.11 Å². The van der Waals surface area contributed by atoms with Crippen LogP contribution in [0.15, 0.2) is 28.7 Å². The summed E-state index contributed by atoms with van der Waals surface area (Å²) in [4.78, 5) is 0. The molecule has 0 spiro atoms. The van der Waals surface area contributed by atoms with Crippen LogP contribution >= 0.6 is 0 Å². The van der Waals surface area contributed by atoms with Gasteiger partial charge in [-0.1, -0.05) is 32.0 Å². The predicted octanol–water partition coefficient (Wildman–Crippen LogP) is 4.00. The largest absolute Gasteiger partial charge is 0.458 e. The average molecular weight is 218 g/mol. The summed E-state index contributed by atoms with van der Waals surface area (Å²) in [6, 6.07) is 8.10. The minimum absolute atomic E-state index is 0.483. The van der Waals surface area contributed by atoms with Gasteiger partial charge in [-0.3, -0.25) is 0 Å². The van der Waals surface area contributed by atoms with Crippen LogP contribution in [0.4, 0.5) is 0 Å². The highest BCUT2D eigenvalue weighted by Gasteiger charge is 2.14. The molecule has 2 rings (SSSR count). The molecule has 2 nitrogen and oxygen atoms in total. The van der Waals surface area contributed by atoms with Gasteiger partial charge in [-0.05, 0) is 30.9 Å². The van der Waals surface area contributed by atoms with Gasteiger partial charge in [0, 0.05) is 5.39 Å². The fraction of sp³-hybridized carbons (Fsp3) is 0.429. The first kappa shape index (κ1) is 11.2. The van der Waals surface area contributed by atoms with Crippen molar-refractivity contribution in [1.29, 1.82) is 0 Å². The molecular formula is C14H18O2. The lowest BCUT2D eigenvalue weighted by atomic mass is 9.97. The average Bonchev–Trinajstić information content (AvgIpc) is 2.71. The lowest BCUT2D eigenvalue weighted by molar-refractivity contribution is 0.172. The molecule has 2 heteroatoms. The molecule has 1 heterocycles. The Morgan fingerprint density at radius 2 is 2.06 bits per heavy atom. The molecule has 0 bridgehead atoms. The van der Waals surface area contributed by atoms with Crippen LogP contribution < -0.4 is 0 Å². The third kappa shape index (κ3) is 1.85. The molecule has 0 aliphatic carbocycles. The number of furan rings is 1. The SMILES string of the molecule is CCC(C)c1cccc2cc(C(C)O)oc12. The molecule has 0 radical (unpaired) electrons. The first-order valence-corrected chi connectivity index (χ1v) is 5.84. The normalized spacial score (nSPS) is 15.2. The van der Waals surface area contributed by atoms with Crippen LogP contribution in [0.1, 0.15) is 50.5 Å². The fourth-order valence-electron chi connectivity index (χ4n) is 1.92. The highest BCUT2D eigenvalue weighted by atomic mass is 16.4. The van der Waals surface area contributed by atoms with Crippen molar-refractivity contribution in [3.63, 3.8) is 0 Å². The Morgan fingerprint density at radius 1 is 1.31 bits per heavy atom. The summed E-state index contributed by atoms with van der Waals surface area (Å²) in [5, 5.41) is 10.6. The summed E-state index contributed by atoms with van der Waals surface area (Å²) in [6.07, 6.45) is 0.543. The summed E-state index contributed by atoms with van der Waals surface area (Å²) in [7, 11) is 0. The van der Waals surface area contributed by atoms with Crippen molar-refractivity contribution in [1.82, 2.24) is 0 Å². The van der Waals surface area contributed by atoms with Crippen molar-refractivity contribution in [2.75, 3.05) is 0 Å². The number of rotatable bonds is 3. The number of hydrogen-bond donors (Lipinski definition) is 1. The van der Waals surface area contributed by atoms with Crippen LogP contribution in [0.25, 0.3) is 11.0 Å². The van der Waals surface area contributed by atoms with Gasteiger partial charge in [-0.2, -0.15) is 0 Å². The molecule has 0 amide bonds. The van der Waals surface area contributed by atoms with E-state index in [0.29, 0.717) is 11.7 Å². The molecule has 0 saturated heterocycles. The maximum Gasteiger partial charge on any atom is 0.137 e. The van der Waals surface area contributed by atoms with E-state index < -0.39 is 6.10 Å². The van der Waals surface area contributed by atoms with Crippen LogP contribution in [-0.2, 0) is 0 Å². The smallest absolute Gasteiger partial charge is 0.137 e. The third-order valence-electron chi connectivity index (χ3n) is 3.15. The molecule has 0 saturated carbocycles. The van der Waals surface area contributed by atoms with Crippen LogP contribution in [0, 0.1) is 0 Å². The predicted molar refractivity (Wildman–Crippen MR) is 65.6 cm³/mol. The molecular weight excluding hydrogens is 200 g/mol. The Balaban J connectivity index is 2.58. The van der Waals surface area contributed by atoms with Crippen LogP contribution in [0.5, 0.6) is 0 Å². The van der Waals surface area contributed by atoms with Gasteiger partial charge in [-0.15, -0.1) is 0 Å². The molecule has 0 fully saturated rings. The number of aliphatic hydroxyl groups is 1. The molecule has 86 valence electrons. The fourth-order valence-corrected chi connectivity index (χ4v) is 1.92. The Bertz CT molecular complexity index is 482. The number of fused-ring (bicyclic) bond motifs is 1. The van der Waals surface area contributed by atoms with Crippen molar-refractivity contribution < 1.29 is 9.52 Å². The monoisotopic (exact) mass is 218 g/mol. The Labute approximate surface area is 95.9 Å². The Morgan fingerprint density at radius 3 is 2.69 bits per heavy atom. The summed E-state index contributed by atoms with van der Waals surface area (Å²) >= 11 is 0. The number of benzene rings is 1. The molecule has 16 heavy (non-hydrogen) atoms. The molecule has 1 aromatic carbocycles. The van der Waals surface area contributed by atoms with E-state index in [0.717, 1.165) is 17.4 Å². The van der Waals surface area contributed by atoms with Gasteiger partial charge in [-0.25, -0.2) is 0 Å². The van der Waals surface area contributed by atoms with Gasteiger partial charge in [0.25, 0.3) is 0 Å². The summed E-state index contributed by atoms with van der Waals surface area (Å²) in [5.41, 5.74) is 2.15. The van der Waals surface area contributed by atoms with Gasteiger partial charge in [0.15, 0.2) is 0 Å². The van der Waals surface area contributed by atoms with Gasteiger partial charge in [0.1, 0.15) is 17.4 Å². The molecule has 0 aliphatic rings. The quantitative estimate of drug-likeness (QED) is 0.844. The van der Waals surface area contributed by atoms with Crippen LogP contribution in [0.3, 0.4) is 0 Å². The van der Waals surface area contributed by atoms with E-state index in [4.69, 9.17) is 4.42 Å². The first-order valence-electron chi connectivity index (χ1n) is 5.84. The molecule has 0 aliphatic heterocycles. The maximum absolute atomic E-state index is 9.52. The van der Waals surface area contributed by atoms with Crippen LogP contribution in [0.2, 0.25) is 0 Å². The highest BCUT2D eigenvalue weighted by Crippen LogP contribution is 2.31. The second-order valence-electron chi connectivity index (χ2n) is 4.40. The maximum atomic E-state index is 9.52. The van der Waals surface area contributed by atoms with E-state index in [9.17, 15) is 5.11 Å². The number of aliphatic hydroxyl groups excluding tert-OH is 1. The second kappa shape index (κ2) is 4.30. The summed E-state index contributed by atoms with van der Waals surface area (Å²) < 4.78 is 5.73. The highest BCUT2D eigenvalue weighted by molar-refractivity contribution is 5.81. The molecule has 1 N–H and O–H groups in total. The molecule has 2 unspecified atom stereocenters. The van der Waals surface area contributed by atoms with Gasteiger partial charge in [0.2, 0.25) is 0 Å². The molecule has 2 aromatic rings. The zero-order valence-electron chi connectivity index (χ0n) is 10.0. The van der Waals surface area contributed by atoms with Crippen molar-refractivity contribution in [3.8, 4) is 0 Å². The van der Waals surface area contributed by atoms with E-state index in [1.165, 1.54) is 5.56 Å². The standard InChI is InChI=1S/C14H18O2/c1-4-9(2)12-7-5-6-11-8-13(10(3)15)16-14(11)12/h5-10,15H,4H2,1-3H3. The lowest BCUT2D eigenvalue weighted by Crippen LogP contribution is -1.91. The van der Waals surface area contributed by atoms with Gasteiger partial charge < -0.3 is 9.52 Å². The Hall–Kier alpha value is -1.28. The van der Waals surface area contributed by atoms with E-state index in [1.807, 2.05) is 18.2 Å². The zero-order chi connectivity index (χ0) is 11.7. The minimum Gasteiger partial charge on any atom is -0.458 e. The van der Waals surface area contributed by atoms with Crippen molar-refractivity contribution in [2.45, 2.75) is 39.2 Å². The van der Waals surface area contributed by atoms with Crippen molar-refractivity contribution in [2.24, 2.45) is 0 Å². The number of hydrogen-bond acceptors (Lipinski definition) is 2. The van der Waals surface area contributed by atoms with E-state index in [1.54, 1.807) is 6.92 Å². The summed E-state index contributed by atoms with van der Waals surface area (Å²) in [5.74, 6) is 1.13. The lowest BCUT2D eigenvalue weighted by Gasteiger charge is -2.08. The van der Waals surface area contributed by atoms with E-state index >= 15 is 0 Å². The minimum atomic E-state index is -0.544. The van der Waals surface area contributed by atoms with E-state index in [2.05, 4.69) is 19.9 Å². The second-order valence-corrected chi connectivity index (χ2v) is 4.40.